The second-order valence-electron chi connectivity index (χ2n) is 6.13. The molecule has 1 aromatic rings. The molecule has 0 atom stereocenters. The van der Waals surface area contributed by atoms with Gasteiger partial charge in [-0.3, -0.25) is 0 Å². The number of halogens is 2. The molecule has 0 spiro atoms. The van der Waals surface area contributed by atoms with Crippen LogP contribution in [0.3, 0.4) is 0 Å². The number of nitrogens with zero attached hydrogens (tertiary/aromatic N) is 3. The van der Waals surface area contributed by atoms with E-state index in [1.807, 2.05) is 0 Å². The van der Waals surface area contributed by atoms with Gasteiger partial charge in [-0.2, -0.15) is 0 Å². The van der Waals surface area contributed by atoms with Crippen LogP contribution >= 0.6 is 18.8 Å². The van der Waals surface area contributed by atoms with Crippen LogP contribution in [0.15, 0.2) is 12.4 Å². The summed E-state index contributed by atoms with van der Waals surface area (Å²) in [5.74, 6) is 0.773. The number of hydrogen-bond donors (Lipinski definition) is 0. The van der Waals surface area contributed by atoms with Crippen LogP contribution in [0, 0.1) is 9.72 Å². The molecule has 2 aliphatic rings. The van der Waals surface area contributed by atoms with Crippen molar-refractivity contribution in [1.29, 1.82) is 0 Å². The first kappa shape index (κ1) is 17.2. The molecule has 4 nitrogen and oxygen atoms in total. The van der Waals surface area contributed by atoms with Gasteiger partial charge < -0.3 is 0 Å². The summed E-state index contributed by atoms with van der Waals surface area (Å²) in [4.78, 5) is 0. The summed E-state index contributed by atoms with van der Waals surface area (Å²) in [7, 11) is 16.0. The van der Waals surface area contributed by atoms with E-state index in [1.165, 1.54) is 32.1 Å². The summed E-state index contributed by atoms with van der Waals surface area (Å²) in [6, 6.07) is 0. The Hall–Kier alpha value is 0.398. The summed E-state index contributed by atoms with van der Waals surface area (Å²) >= 11 is -3.18. The van der Waals surface area contributed by atoms with Crippen molar-refractivity contribution in [3.8, 4) is 0 Å². The molecule has 0 aromatic carbocycles. The molecule has 1 aliphatic heterocycles. The van der Waals surface area contributed by atoms with Crippen LogP contribution in [0.4, 0.5) is 0 Å². The van der Waals surface area contributed by atoms with Crippen LogP contribution in [0.1, 0.15) is 32.1 Å². The molecule has 0 bridgehead atoms. The predicted octanol–water partition coefficient (Wildman–Crippen LogP) is 3.65. The van der Waals surface area contributed by atoms with Crippen LogP contribution in [0.2, 0.25) is 0 Å². The Kier molecular flexibility index (Phi) is 5.89. The molecule has 22 heavy (non-hydrogen) atoms. The molecule has 1 aromatic heterocycles. The third kappa shape index (κ3) is 3.72. The van der Waals surface area contributed by atoms with Gasteiger partial charge in [0.1, 0.15) is 0 Å². The van der Waals surface area contributed by atoms with Crippen molar-refractivity contribution in [2.24, 2.45) is 13.0 Å². The van der Waals surface area contributed by atoms with Crippen molar-refractivity contribution >= 4 is 18.8 Å². The second kappa shape index (κ2) is 7.52. The molecule has 1 aliphatic carbocycles. The third-order valence-corrected chi connectivity index (χ3v) is 14.2. The molecule has 0 N–H and O–H groups in total. The molecule has 0 unspecified atom stereocenters. The van der Waals surface area contributed by atoms with E-state index < -0.39 is 13.8 Å². The Labute approximate surface area is 143 Å². The molecular weight excluding hydrogens is 504 g/mol. The van der Waals surface area contributed by atoms with E-state index in [0.717, 1.165) is 42.6 Å². The first-order chi connectivity index (χ1) is 10.6. The summed E-state index contributed by atoms with van der Waals surface area (Å²) in [5, 5.41) is 0. The van der Waals surface area contributed by atoms with Crippen molar-refractivity contribution < 1.29 is 18.5 Å². The van der Waals surface area contributed by atoms with E-state index in [-0.39, 0.29) is 0 Å². The zero-order chi connectivity index (χ0) is 15.6. The average Bonchev–Trinajstić information content (AvgIpc) is 2.90. The minimum atomic E-state index is -3.18. The summed E-state index contributed by atoms with van der Waals surface area (Å²) in [6.07, 6.45) is 11.1. The fraction of sp³-hybridized carbons (Fsp3) is 0.800. The molecule has 2 fully saturated rings. The SMILES string of the molecule is Cn1ccn(CC2CCCCC2)[c]1=[Pt]([Cl])([Cl])[N]1CCOCC1. The third-order valence-electron chi connectivity index (χ3n) is 4.49. The van der Waals surface area contributed by atoms with Crippen molar-refractivity contribution in [2.45, 2.75) is 38.6 Å². The van der Waals surface area contributed by atoms with E-state index in [0.29, 0.717) is 0 Å². The van der Waals surface area contributed by atoms with Crippen LogP contribution in [-0.4, -0.2) is 38.9 Å². The first-order valence-electron chi connectivity index (χ1n) is 8.03. The maximum absolute atomic E-state index is 6.98. The van der Waals surface area contributed by atoms with E-state index in [2.05, 4.69) is 32.0 Å². The Balaban J connectivity index is 1.94. The van der Waals surface area contributed by atoms with E-state index in [9.17, 15) is 0 Å². The van der Waals surface area contributed by atoms with Gasteiger partial charge in [-0.05, 0) is 0 Å². The summed E-state index contributed by atoms with van der Waals surface area (Å²) in [6.45, 7) is 4.22. The van der Waals surface area contributed by atoms with Gasteiger partial charge in [0, 0.05) is 0 Å². The predicted molar refractivity (Wildman–Crippen MR) is 87.3 cm³/mol. The Bertz CT molecular complexity index is 580. The van der Waals surface area contributed by atoms with Gasteiger partial charge in [0.05, 0.1) is 0 Å². The van der Waals surface area contributed by atoms with Gasteiger partial charge in [0.25, 0.3) is 0 Å². The number of hydrogen-bond acceptors (Lipinski definition) is 2. The molecule has 1 saturated heterocycles. The van der Waals surface area contributed by atoms with Gasteiger partial charge in [0.2, 0.25) is 0 Å². The van der Waals surface area contributed by atoms with Crippen LogP contribution in [0.5, 0.6) is 0 Å². The second-order valence-corrected chi connectivity index (χ2v) is 17.7. The molecule has 0 radical (unpaired) electrons. The zero-order valence-electron chi connectivity index (χ0n) is 13.1. The summed E-state index contributed by atoms with van der Waals surface area (Å²) < 4.78 is 13.3. The minimum absolute atomic E-state index is 0.734. The van der Waals surface area contributed by atoms with Crippen molar-refractivity contribution in [2.75, 3.05) is 26.3 Å². The number of rotatable bonds is 3. The van der Waals surface area contributed by atoms with Gasteiger partial charge in [-0.15, -0.1) is 0 Å². The number of aryl methyl sites for hydroxylation is 1. The monoisotopic (exact) mass is 529 g/mol. The molecule has 0 amide bonds. The Morgan fingerprint density at radius 2 is 1.82 bits per heavy atom. The van der Waals surface area contributed by atoms with E-state index >= 15 is 0 Å². The number of aromatic nitrogens is 2. The number of ether oxygens (including phenoxy) is 1. The number of morpholine rings is 1. The molecule has 3 rings (SSSR count). The van der Waals surface area contributed by atoms with E-state index in [4.69, 9.17) is 23.6 Å². The van der Waals surface area contributed by atoms with Crippen LogP contribution < -0.4 is 0 Å². The Morgan fingerprint density at radius 3 is 2.50 bits per heavy atom. The zero-order valence-corrected chi connectivity index (χ0v) is 16.9. The van der Waals surface area contributed by atoms with Crippen molar-refractivity contribution in [3.05, 3.63) is 16.2 Å². The molecule has 1 saturated carbocycles. The van der Waals surface area contributed by atoms with Gasteiger partial charge >= 0.3 is 144 Å². The standard InChI is InChI=1S/C11H18N2.C4H8NO.2ClH.Pt/c1-12-7-8-13(10-12)9-11-5-3-2-4-6-11;1-3-6-4-2-5-1;;;/h7-8,11H,2-6,9H2,1H3;1-4H2;2*1H;/q;-1;;;+3/p-2. The fourth-order valence-electron chi connectivity index (χ4n) is 3.32. The average molecular weight is 530 g/mol. The molecule has 131 valence electrons. The van der Waals surface area contributed by atoms with Crippen LogP contribution in [-0.2, 0) is 32.1 Å². The van der Waals surface area contributed by atoms with Gasteiger partial charge in [0.15, 0.2) is 0 Å². The molecule has 2 heterocycles. The summed E-state index contributed by atoms with van der Waals surface area (Å²) in [5.41, 5.74) is 0. The van der Waals surface area contributed by atoms with Crippen LogP contribution in [0.25, 0.3) is 0 Å². The van der Waals surface area contributed by atoms with E-state index in [1.54, 1.807) is 0 Å². The maximum atomic E-state index is 6.98. The molecular formula is C15H26Cl2N3OPt. The molecule has 7 heteroatoms. The van der Waals surface area contributed by atoms with Gasteiger partial charge in [-0.1, -0.05) is 0 Å². The quantitative estimate of drug-likeness (QED) is 0.596. The normalized spacial score (nSPS) is 22.9. The van der Waals surface area contributed by atoms with Crippen molar-refractivity contribution in [1.82, 2.24) is 12.6 Å². The Morgan fingerprint density at radius 1 is 1.14 bits per heavy atom. The fourth-order valence-corrected chi connectivity index (χ4v) is 12.2. The van der Waals surface area contributed by atoms with Crippen molar-refractivity contribution in [3.63, 3.8) is 0 Å². The number of imidazole rings is 1. The topological polar surface area (TPSA) is 22.3 Å². The van der Waals surface area contributed by atoms with Gasteiger partial charge in [-0.25, -0.2) is 0 Å². The first-order valence-corrected chi connectivity index (χ1v) is 15.8.